The molecule has 4 heteroatoms. The zero-order valence-corrected chi connectivity index (χ0v) is 16.9. The lowest BCUT2D eigenvalue weighted by Crippen LogP contribution is -2.31. The van der Waals surface area contributed by atoms with Gasteiger partial charge in [-0.1, -0.05) is 78.9 Å². The largest absolute Gasteiger partial charge is 0.506 e. The third-order valence-corrected chi connectivity index (χ3v) is 5.95. The number of hydrogen-bond acceptors (Lipinski definition) is 3. The van der Waals surface area contributed by atoms with Gasteiger partial charge in [0.1, 0.15) is 5.75 Å². The van der Waals surface area contributed by atoms with Gasteiger partial charge < -0.3 is 5.11 Å². The number of aromatic nitrogens is 1. The number of carbonyl (C=O) groups excluding carboxylic acids is 1. The van der Waals surface area contributed by atoms with Crippen molar-refractivity contribution < 1.29 is 9.90 Å². The lowest BCUT2D eigenvalue weighted by molar-refractivity contribution is 0.0959. The molecule has 1 aromatic heterocycles. The minimum Gasteiger partial charge on any atom is -0.506 e. The van der Waals surface area contributed by atoms with Gasteiger partial charge in [0.15, 0.2) is 5.78 Å². The van der Waals surface area contributed by atoms with E-state index in [-0.39, 0.29) is 34.1 Å². The predicted octanol–water partition coefficient (Wildman–Crippen LogP) is 5.12. The van der Waals surface area contributed by atoms with Gasteiger partial charge in [-0.2, -0.15) is 0 Å². The van der Waals surface area contributed by atoms with E-state index in [1.165, 1.54) is 0 Å². The maximum Gasteiger partial charge on any atom is 0.266 e. The Hall–Kier alpha value is -3.92. The fraction of sp³-hybridized carbons (Fsp3) is 0.111. The maximum absolute atomic E-state index is 13.7. The highest BCUT2D eigenvalue weighted by atomic mass is 16.3. The second kappa shape index (κ2) is 7.73. The van der Waals surface area contributed by atoms with Crippen molar-refractivity contribution >= 4 is 5.78 Å². The number of hydrogen-bond donors (Lipinski definition) is 1. The smallest absolute Gasteiger partial charge is 0.266 e. The quantitative estimate of drug-likeness (QED) is 0.513. The topological polar surface area (TPSA) is 59.3 Å². The third-order valence-electron chi connectivity index (χ3n) is 5.95. The van der Waals surface area contributed by atoms with Crippen LogP contribution in [0.15, 0.2) is 95.8 Å². The summed E-state index contributed by atoms with van der Waals surface area (Å²) in [5.41, 5.74) is 3.00. The molecule has 5 rings (SSSR count). The summed E-state index contributed by atoms with van der Waals surface area (Å²) >= 11 is 0. The standard InChI is InChI=1S/C27H21NO3/c29-23-17-20(18-10-4-1-5-11-18)16-22-25(23)26(30)24(19-12-6-2-7-13-19)27(31)28(22)21-14-8-3-9-15-21/h1-15,20,30H,16-17H2. The van der Waals surface area contributed by atoms with Gasteiger partial charge in [0.05, 0.1) is 11.1 Å². The Balaban J connectivity index is 1.80. The van der Waals surface area contributed by atoms with Crippen molar-refractivity contribution in [3.63, 3.8) is 0 Å². The second-order valence-corrected chi connectivity index (χ2v) is 7.83. The molecule has 0 saturated heterocycles. The van der Waals surface area contributed by atoms with E-state index in [0.717, 1.165) is 5.56 Å². The first-order chi connectivity index (χ1) is 15.1. The SMILES string of the molecule is O=C1CC(c2ccccc2)Cc2c1c(O)c(-c1ccccc1)c(=O)n2-c1ccccc1. The number of rotatable bonds is 3. The number of aromatic hydroxyl groups is 1. The highest BCUT2D eigenvalue weighted by Crippen LogP contribution is 2.40. The Kier molecular flexibility index (Phi) is 4.75. The molecule has 3 aromatic carbocycles. The lowest BCUT2D eigenvalue weighted by Gasteiger charge is -2.28. The molecule has 31 heavy (non-hydrogen) atoms. The van der Waals surface area contributed by atoms with Gasteiger partial charge in [0, 0.05) is 17.8 Å². The summed E-state index contributed by atoms with van der Waals surface area (Å²) in [7, 11) is 0. The number of ketones is 1. The van der Waals surface area contributed by atoms with Crippen LogP contribution in [0, 0.1) is 0 Å². The van der Waals surface area contributed by atoms with Crippen LogP contribution >= 0.6 is 0 Å². The number of benzene rings is 3. The van der Waals surface area contributed by atoms with E-state index in [0.29, 0.717) is 29.8 Å². The summed E-state index contributed by atoms with van der Waals surface area (Å²) < 4.78 is 1.60. The summed E-state index contributed by atoms with van der Waals surface area (Å²) in [4.78, 5) is 27.0. The van der Waals surface area contributed by atoms with Gasteiger partial charge in [-0.15, -0.1) is 0 Å². The molecule has 0 radical (unpaired) electrons. The number of nitrogens with zero attached hydrogens (tertiary/aromatic N) is 1. The molecule has 1 unspecified atom stereocenters. The Labute approximate surface area is 180 Å². The Morgan fingerprint density at radius 1 is 0.710 bits per heavy atom. The molecule has 0 saturated carbocycles. The molecule has 4 aromatic rings. The first kappa shape index (κ1) is 19.1. The summed E-state index contributed by atoms with van der Waals surface area (Å²) in [6.45, 7) is 0. The van der Waals surface area contributed by atoms with Crippen LogP contribution in [0.2, 0.25) is 0 Å². The van der Waals surface area contributed by atoms with Crippen molar-refractivity contribution in [1.82, 2.24) is 4.57 Å². The highest BCUT2D eigenvalue weighted by molar-refractivity contribution is 6.03. The summed E-state index contributed by atoms with van der Waals surface area (Å²) in [6, 6.07) is 28.2. The molecule has 1 N–H and O–H groups in total. The lowest BCUT2D eigenvalue weighted by atomic mass is 9.80. The van der Waals surface area contributed by atoms with E-state index >= 15 is 0 Å². The minimum atomic E-state index is -0.324. The zero-order valence-electron chi connectivity index (χ0n) is 16.9. The van der Waals surface area contributed by atoms with E-state index in [1.54, 1.807) is 16.7 Å². The van der Waals surface area contributed by atoms with Crippen molar-refractivity contribution in [3.8, 4) is 22.6 Å². The van der Waals surface area contributed by atoms with Crippen LogP contribution in [-0.4, -0.2) is 15.5 Å². The third kappa shape index (κ3) is 3.26. The van der Waals surface area contributed by atoms with Gasteiger partial charge in [-0.3, -0.25) is 14.2 Å². The first-order valence-corrected chi connectivity index (χ1v) is 10.3. The fourth-order valence-corrected chi connectivity index (χ4v) is 4.50. The van der Waals surface area contributed by atoms with Crippen LogP contribution in [-0.2, 0) is 6.42 Å². The average molecular weight is 407 g/mol. The number of carbonyl (C=O) groups is 1. The zero-order chi connectivity index (χ0) is 21.4. The molecular weight excluding hydrogens is 386 g/mol. The summed E-state index contributed by atoms with van der Waals surface area (Å²) in [5, 5.41) is 11.1. The van der Waals surface area contributed by atoms with Gasteiger partial charge in [-0.05, 0) is 35.6 Å². The van der Waals surface area contributed by atoms with Crippen molar-refractivity contribution in [3.05, 3.63) is 118 Å². The molecule has 0 bridgehead atoms. The van der Waals surface area contributed by atoms with Crippen LogP contribution in [0.4, 0.5) is 0 Å². The molecule has 0 aliphatic heterocycles. The van der Waals surface area contributed by atoms with Crippen LogP contribution in [0.25, 0.3) is 16.8 Å². The molecule has 1 atom stereocenters. The molecule has 152 valence electrons. The Morgan fingerprint density at radius 3 is 1.94 bits per heavy atom. The average Bonchev–Trinajstić information content (AvgIpc) is 2.81. The van der Waals surface area contributed by atoms with Crippen molar-refractivity contribution in [1.29, 1.82) is 0 Å². The number of para-hydroxylation sites is 1. The van der Waals surface area contributed by atoms with Crippen LogP contribution in [0.5, 0.6) is 5.75 Å². The van der Waals surface area contributed by atoms with E-state index in [2.05, 4.69) is 0 Å². The first-order valence-electron chi connectivity index (χ1n) is 10.3. The van der Waals surface area contributed by atoms with Gasteiger partial charge in [-0.25, -0.2) is 0 Å². The van der Waals surface area contributed by atoms with Crippen LogP contribution in [0.3, 0.4) is 0 Å². The van der Waals surface area contributed by atoms with Crippen molar-refractivity contribution in [2.24, 2.45) is 0 Å². The molecule has 4 nitrogen and oxygen atoms in total. The minimum absolute atomic E-state index is 0.0439. The summed E-state index contributed by atoms with van der Waals surface area (Å²) in [6.07, 6.45) is 0.795. The van der Waals surface area contributed by atoms with Gasteiger partial charge >= 0.3 is 0 Å². The number of Topliss-reactive ketones (excluding diaryl/α,β-unsaturated/α-hetero) is 1. The molecule has 0 spiro atoms. The Morgan fingerprint density at radius 2 is 1.29 bits per heavy atom. The highest BCUT2D eigenvalue weighted by Gasteiger charge is 2.34. The van der Waals surface area contributed by atoms with Gasteiger partial charge in [0.2, 0.25) is 0 Å². The molecule has 1 aliphatic rings. The molecule has 1 heterocycles. The summed E-state index contributed by atoms with van der Waals surface area (Å²) in [5.74, 6) is -0.401. The predicted molar refractivity (Wildman–Crippen MR) is 121 cm³/mol. The van der Waals surface area contributed by atoms with E-state index < -0.39 is 0 Å². The monoisotopic (exact) mass is 407 g/mol. The number of pyridine rings is 1. The Bertz CT molecular complexity index is 1310. The van der Waals surface area contributed by atoms with E-state index in [9.17, 15) is 14.7 Å². The number of fused-ring (bicyclic) bond motifs is 1. The second-order valence-electron chi connectivity index (χ2n) is 7.83. The van der Waals surface area contributed by atoms with Gasteiger partial charge in [0.25, 0.3) is 5.56 Å². The molecule has 0 amide bonds. The molecular formula is C27H21NO3. The van der Waals surface area contributed by atoms with Crippen molar-refractivity contribution in [2.75, 3.05) is 0 Å². The van der Waals surface area contributed by atoms with Crippen LogP contribution in [0.1, 0.15) is 34.0 Å². The normalized spacial score (nSPS) is 15.5. The molecule has 1 aliphatic carbocycles. The van der Waals surface area contributed by atoms with Crippen LogP contribution < -0.4 is 5.56 Å². The maximum atomic E-state index is 13.7. The fourth-order valence-electron chi connectivity index (χ4n) is 4.50. The van der Waals surface area contributed by atoms with Crippen molar-refractivity contribution in [2.45, 2.75) is 18.8 Å². The van der Waals surface area contributed by atoms with E-state index in [1.807, 2.05) is 78.9 Å². The van der Waals surface area contributed by atoms with E-state index in [4.69, 9.17) is 0 Å². The molecule has 0 fully saturated rings.